The predicted molar refractivity (Wildman–Crippen MR) is 66.9 cm³/mol. The standard InChI is InChI=1S/C14H18N2/c1-14(2,3)11-5-4-9-8-16-13-12(9)10(11)6-7-15-13/h4-7,13,15-16H,8H2,1-3H3. The van der Waals surface area contributed by atoms with E-state index in [9.17, 15) is 0 Å². The fourth-order valence-corrected chi connectivity index (χ4v) is 2.69. The molecule has 0 saturated carbocycles. The summed E-state index contributed by atoms with van der Waals surface area (Å²) in [5.74, 6) is 0. The number of rotatable bonds is 0. The second kappa shape index (κ2) is 3.11. The quantitative estimate of drug-likeness (QED) is 0.694. The van der Waals surface area contributed by atoms with Crippen LogP contribution in [0.3, 0.4) is 0 Å². The van der Waals surface area contributed by atoms with Gasteiger partial charge >= 0.3 is 0 Å². The Kier molecular flexibility index (Phi) is 1.93. The average molecular weight is 214 g/mol. The third-order valence-electron chi connectivity index (χ3n) is 3.48. The summed E-state index contributed by atoms with van der Waals surface area (Å²) >= 11 is 0. The van der Waals surface area contributed by atoms with Gasteiger partial charge in [0, 0.05) is 12.1 Å². The van der Waals surface area contributed by atoms with Crippen LogP contribution in [0.15, 0.2) is 18.3 Å². The Morgan fingerprint density at radius 1 is 1.25 bits per heavy atom. The Hall–Kier alpha value is -1.28. The van der Waals surface area contributed by atoms with Crippen molar-refractivity contribution in [3.8, 4) is 0 Å². The lowest BCUT2D eigenvalue weighted by Crippen LogP contribution is -2.28. The average Bonchev–Trinajstić information content (AvgIpc) is 2.63. The largest absolute Gasteiger partial charge is 0.372 e. The highest BCUT2D eigenvalue weighted by Crippen LogP contribution is 2.37. The van der Waals surface area contributed by atoms with Gasteiger partial charge in [-0.3, -0.25) is 5.32 Å². The number of hydrogen-bond acceptors (Lipinski definition) is 2. The second-order valence-electron chi connectivity index (χ2n) is 5.66. The zero-order chi connectivity index (χ0) is 11.3. The molecule has 0 spiro atoms. The molecule has 0 bridgehead atoms. The van der Waals surface area contributed by atoms with E-state index < -0.39 is 0 Å². The molecule has 1 atom stereocenters. The minimum atomic E-state index is 0.208. The first kappa shape index (κ1) is 9.91. The van der Waals surface area contributed by atoms with E-state index in [0.29, 0.717) is 6.17 Å². The Labute approximate surface area is 96.7 Å². The van der Waals surface area contributed by atoms with Crippen LogP contribution in [0.25, 0.3) is 6.08 Å². The van der Waals surface area contributed by atoms with Crippen LogP contribution in [0.1, 0.15) is 49.2 Å². The molecule has 2 heteroatoms. The fourth-order valence-electron chi connectivity index (χ4n) is 2.69. The highest BCUT2D eigenvalue weighted by Gasteiger charge is 2.29. The van der Waals surface area contributed by atoms with Gasteiger partial charge in [0.2, 0.25) is 0 Å². The van der Waals surface area contributed by atoms with Crippen LogP contribution in [-0.4, -0.2) is 0 Å². The van der Waals surface area contributed by atoms with E-state index in [1.54, 1.807) is 0 Å². The Morgan fingerprint density at radius 3 is 2.81 bits per heavy atom. The summed E-state index contributed by atoms with van der Waals surface area (Å²) in [4.78, 5) is 0. The molecule has 1 unspecified atom stereocenters. The normalized spacial score (nSPS) is 21.8. The molecule has 2 aliphatic heterocycles. The highest BCUT2D eigenvalue weighted by atomic mass is 15.1. The minimum absolute atomic E-state index is 0.208. The molecule has 3 rings (SSSR count). The predicted octanol–water partition coefficient (Wildman–Crippen LogP) is 2.66. The van der Waals surface area contributed by atoms with Crippen molar-refractivity contribution < 1.29 is 0 Å². The summed E-state index contributed by atoms with van der Waals surface area (Å²) in [6.07, 6.45) is 4.59. The lowest BCUT2D eigenvalue weighted by atomic mass is 9.80. The van der Waals surface area contributed by atoms with Crippen molar-refractivity contribution in [2.24, 2.45) is 0 Å². The summed E-state index contributed by atoms with van der Waals surface area (Å²) in [5, 5.41) is 6.84. The SMILES string of the molecule is CC(C)(C)c1ccc2c3c1C=CNC3NC2. The first-order chi connectivity index (χ1) is 7.57. The zero-order valence-corrected chi connectivity index (χ0v) is 10.1. The number of hydrogen-bond donors (Lipinski definition) is 2. The van der Waals surface area contributed by atoms with Gasteiger partial charge in [0.15, 0.2) is 0 Å². The summed E-state index contributed by atoms with van der Waals surface area (Å²) in [6, 6.07) is 4.56. The molecule has 2 aliphatic rings. The zero-order valence-electron chi connectivity index (χ0n) is 10.1. The molecule has 84 valence electrons. The molecule has 0 aromatic heterocycles. The van der Waals surface area contributed by atoms with Gasteiger partial charge in [-0.25, -0.2) is 0 Å². The first-order valence-corrected chi connectivity index (χ1v) is 5.89. The van der Waals surface area contributed by atoms with E-state index >= 15 is 0 Å². The fraction of sp³-hybridized carbons (Fsp3) is 0.429. The molecule has 0 amide bonds. The van der Waals surface area contributed by atoms with E-state index in [1.165, 1.54) is 22.3 Å². The van der Waals surface area contributed by atoms with E-state index in [1.807, 2.05) is 0 Å². The third kappa shape index (κ3) is 1.30. The van der Waals surface area contributed by atoms with Crippen LogP contribution >= 0.6 is 0 Å². The number of nitrogens with one attached hydrogen (secondary N) is 2. The van der Waals surface area contributed by atoms with Crippen LogP contribution in [0.2, 0.25) is 0 Å². The van der Waals surface area contributed by atoms with Crippen LogP contribution in [-0.2, 0) is 12.0 Å². The third-order valence-corrected chi connectivity index (χ3v) is 3.48. The minimum Gasteiger partial charge on any atom is -0.372 e. The molecule has 0 radical (unpaired) electrons. The van der Waals surface area contributed by atoms with Gasteiger partial charge in [-0.2, -0.15) is 0 Å². The van der Waals surface area contributed by atoms with E-state index in [4.69, 9.17) is 0 Å². The summed E-state index contributed by atoms with van der Waals surface area (Å²) < 4.78 is 0. The van der Waals surface area contributed by atoms with Crippen molar-refractivity contribution in [1.29, 1.82) is 0 Å². The topological polar surface area (TPSA) is 24.1 Å². The van der Waals surface area contributed by atoms with Gasteiger partial charge in [0.05, 0.1) is 0 Å². The molecule has 0 fully saturated rings. The van der Waals surface area contributed by atoms with Crippen molar-refractivity contribution in [2.75, 3.05) is 0 Å². The van der Waals surface area contributed by atoms with Crippen molar-refractivity contribution in [3.05, 3.63) is 40.6 Å². The van der Waals surface area contributed by atoms with E-state index in [0.717, 1.165) is 6.54 Å². The smallest absolute Gasteiger partial charge is 0.104 e. The van der Waals surface area contributed by atoms with Gasteiger partial charge in [-0.15, -0.1) is 0 Å². The first-order valence-electron chi connectivity index (χ1n) is 5.89. The van der Waals surface area contributed by atoms with Gasteiger partial charge in [0.25, 0.3) is 0 Å². The van der Waals surface area contributed by atoms with Gasteiger partial charge in [-0.05, 0) is 34.4 Å². The molecule has 2 N–H and O–H groups in total. The van der Waals surface area contributed by atoms with Crippen molar-refractivity contribution in [1.82, 2.24) is 10.6 Å². The van der Waals surface area contributed by atoms with Gasteiger partial charge in [-0.1, -0.05) is 32.9 Å². The van der Waals surface area contributed by atoms with Crippen molar-refractivity contribution >= 4 is 6.08 Å². The molecule has 0 saturated heterocycles. The Morgan fingerprint density at radius 2 is 2.06 bits per heavy atom. The molecular weight excluding hydrogens is 196 g/mol. The lowest BCUT2D eigenvalue weighted by molar-refractivity contribution is 0.527. The van der Waals surface area contributed by atoms with E-state index in [2.05, 4.69) is 55.8 Å². The van der Waals surface area contributed by atoms with Gasteiger partial charge < -0.3 is 5.32 Å². The number of benzene rings is 1. The Balaban J connectivity index is 2.26. The molecule has 0 aliphatic carbocycles. The maximum Gasteiger partial charge on any atom is 0.104 e. The monoisotopic (exact) mass is 214 g/mol. The Bertz CT molecular complexity index is 466. The summed E-state index contributed by atoms with van der Waals surface area (Å²) in [6.45, 7) is 7.81. The molecule has 1 aromatic rings. The maximum atomic E-state index is 3.48. The van der Waals surface area contributed by atoms with Crippen LogP contribution < -0.4 is 10.6 Å². The molecule has 2 nitrogen and oxygen atoms in total. The second-order valence-corrected chi connectivity index (χ2v) is 5.66. The molecule has 16 heavy (non-hydrogen) atoms. The van der Waals surface area contributed by atoms with Crippen molar-refractivity contribution in [2.45, 2.75) is 38.9 Å². The summed E-state index contributed by atoms with van der Waals surface area (Å²) in [5.41, 5.74) is 5.95. The molecular formula is C14H18N2. The van der Waals surface area contributed by atoms with Crippen molar-refractivity contribution in [3.63, 3.8) is 0 Å². The van der Waals surface area contributed by atoms with Crippen LogP contribution in [0.5, 0.6) is 0 Å². The molecule has 2 heterocycles. The highest BCUT2D eigenvalue weighted by molar-refractivity contribution is 5.65. The van der Waals surface area contributed by atoms with E-state index in [-0.39, 0.29) is 5.41 Å². The summed E-state index contributed by atoms with van der Waals surface area (Å²) in [7, 11) is 0. The maximum absolute atomic E-state index is 3.48. The molecule has 1 aromatic carbocycles. The lowest BCUT2D eigenvalue weighted by Gasteiger charge is -2.27. The van der Waals surface area contributed by atoms with Crippen LogP contribution in [0.4, 0.5) is 0 Å². The van der Waals surface area contributed by atoms with Crippen LogP contribution in [0, 0.1) is 0 Å². The van der Waals surface area contributed by atoms with Gasteiger partial charge in [0.1, 0.15) is 6.17 Å².